The number of hydrogen-bond acceptors (Lipinski definition) is 4. The maximum atomic E-state index is 14.0. The van der Waals surface area contributed by atoms with Gasteiger partial charge in [-0.2, -0.15) is 10.4 Å². The molecule has 1 aliphatic rings. The molecule has 5 nitrogen and oxygen atoms in total. The van der Waals surface area contributed by atoms with E-state index in [1.807, 2.05) is 17.8 Å². The zero-order valence-corrected chi connectivity index (χ0v) is 15.1. The Labute approximate surface area is 148 Å². The van der Waals surface area contributed by atoms with Crippen molar-refractivity contribution in [3.8, 4) is 6.07 Å². The van der Waals surface area contributed by atoms with Crippen molar-refractivity contribution in [2.45, 2.75) is 26.9 Å². The molecule has 0 amide bonds. The fourth-order valence-electron chi connectivity index (χ4n) is 3.36. The van der Waals surface area contributed by atoms with E-state index in [0.29, 0.717) is 17.7 Å². The van der Waals surface area contributed by atoms with Gasteiger partial charge in [-0.3, -0.25) is 14.5 Å². The van der Waals surface area contributed by atoms with E-state index in [1.54, 1.807) is 12.1 Å². The monoisotopic (exact) mass is 341 g/mol. The molecule has 1 aliphatic heterocycles. The highest BCUT2D eigenvalue weighted by atomic mass is 19.1. The van der Waals surface area contributed by atoms with Crippen LogP contribution in [-0.4, -0.2) is 45.8 Å². The average Bonchev–Trinajstić information content (AvgIpc) is 2.84. The Hall–Kier alpha value is -2.23. The molecular weight excluding hydrogens is 317 g/mol. The summed E-state index contributed by atoms with van der Waals surface area (Å²) in [6, 6.07) is 6.70. The van der Waals surface area contributed by atoms with E-state index in [-0.39, 0.29) is 5.82 Å². The van der Waals surface area contributed by atoms with E-state index in [4.69, 9.17) is 5.26 Å². The summed E-state index contributed by atoms with van der Waals surface area (Å²) in [5.74, 6) is -0.289. The largest absolute Gasteiger partial charge is 0.296 e. The van der Waals surface area contributed by atoms with E-state index < -0.39 is 0 Å². The summed E-state index contributed by atoms with van der Waals surface area (Å²) in [4.78, 5) is 4.70. The lowest BCUT2D eigenvalue weighted by Gasteiger charge is -2.34. The van der Waals surface area contributed by atoms with Gasteiger partial charge < -0.3 is 0 Å². The number of rotatable bonds is 4. The molecule has 0 bridgehead atoms. The SMILES string of the molecule is Cc1nn(C)c(C)c1CN1CCN(Cc2ccc(C#N)cc2F)CC1. The van der Waals surface area contributed by atoms with E-state index >= 15 is 0 Å². The van der Waals surface area contributed by atoms with Gasteiger partial charge in [0, 0.05) is 63.1 Å². The summed E-state index contributed by atoms with van der Waals surface area (Å²) >= 11 is 0. The van der Waals surface area contributed by atoms with Crippen LogP contribution in [0, 0.1) is 31.0 Å². The lowest BCUT2D eigenvalue weighted by Crippen LogP contribution is -2.45. The molecule has 1 fully saturated rings. The minimum absolute atomic E-state index is 0.289. The van der Waals surface area contributed by atoms with Gasteiger partial charge in [-0.25, -0.2) is 4.39 Å². The van der Waals surface area contributed by atoms with Gasteiger partial charge in [0.1, 0.15) is 5.82 Å². The van der Waals surface area contributed by atoms with Crippen molar-refractivity contribution in [2.75, 3.05) is 26.2 Å². The van der Waals surface area contributed by atoms with Gasteiger partial charge in [0.15, 0.2) is 0 Å². The van der Waals surface area contributed by atoms with Crippen LogP contribution in [0.5, 0.6) is 0 Å². The Kier molecular flexibility index (Phi) is 5.16. The molecule has 0 atom stereocenters. The summed E-state index contributed by atoms with van der Waals surface area (Å²) < 4.78 is 16.0. The minimum Gasteiger partial charge on any atom is -0.296 e. The molecule has 132 valence electrons. The van der Waals surface area contributed by atoms with Crippen LogP contribution in [0.2, 0.25) is 0 Å². The molecule has 1 aromatic carbocycles. The quantitative estimate of drug-likeness (QED) is 0.857. The van der Waals surface area contributed by atoms with Crippen LogP contribution >= 0.6 is 0 Å². The molecule has 0 unspecified atom stereocenters. The third-order valence-electron chi connectivity index (χ3n) is 5.08. The first kappa shape index (κ1) is 17.6. The van der Waals surface area contributed by atoms with E-state index in [0.717, 1.165) is 38.4 Å². The topological polar surface area (TPSA) is 48.1 Å². The van der Waals surface area contributed by atoms with Gasteiger partial charge in [-0.1, -0.05) is 6.07 Å². The molecule has 0 N–H and O–H groups in total. The van der Waals surface area contributed by atoms with Crippen LogP contribution < -0.4 is 0 Å². The number of benzene rings is 1. The molecule has 25 heavy (non-hydrogen) atoms. The molecule has 2 aromatic rings. The highest BCUT2D eigenvalue weighted by molar-refractivity contribution is 5.32. The second kappa shape index (κ2) is 7.34. The average molecular weight is 341 g/mol. The van der Waals surface area contributed by atoms with Gasteiger partial charge >= 0.3 is 0 Å². The lowest BCUT2D eigenvalue weighted by molar-refractivity contribution is 0.120. The Morgan fingerprint density at radius 3 is 2.28 bits per heavy atom. The fourth-order valence-corrected chi connectivity index (χ4v) is 3.36. The summed E-state index contributed by atoms with van der Waals surface area (Å²) in [7, 11) is 1.98. The molecule has 6 heteroatoms. The van der Waals surface area contributed by atoms with Crippen LogP contribution in [0.25, 0.3) is 0 Å². The number of aromatic nitrogens is 2. The third-order valence-corrected chi connectivity index (χ3v) is 5.08. The van der Waals surface area contributed by atoms with Crippen LogP contribution in [-0.2, 0) is 20.1 Å². The first-order chi connectivity index (χ1) is 12.0. The Morgan fingerprint density at radius 1 is 1.12 bits per heavy atom. The summed E-state index contributed by atoms with van der Waals surface area (Å²) in [5, 5.41) is 13.3. The van der Waals surface area contributed by atoms with E-state index in [9.17, 15) is 4.39 Å². The molecule has 0 aliphatic carbocycles. The van der Waals surface area contributed by atoms with Crippen molar-refractivity contribution in [3.05, 3.63) is 52.1 Å². The van der Waals surface area contributed by atoms with Gasteiger partial charge in [-0.15, -0.1) is 0 Å². The number of hydrogen-bond donors (Lipinski definition) is 0. The maximum absolute atomic E-state index is 14.0. The van der Waals surface area contributed by atoms with Crippen molar-refractivity contribution in [1.29, 1.82) is 5.26 Å². The van der Waals surface area contributed by atoms with Crippen molar-refractivity contribution in [2.24, 2.45) is 7.05 Å². The molecule has 0 saturated carbocycles. The van der Waals surface area contributed by atoms with Gasteiger partial charge in [0.25, 0.3) is 0 Å². The zero-order valence-electron chi connectivity index (χ0n) is 15.1. The fraction of sp³-hybridized carbons (Fsp3) is 0.474. The van der Waals surface area contributed by atoms with Gasteiger partial charge in [-0.05, 0) is 26.0 Å². The predicted octanol–water partition coefficient (Wildman–Crippen LogP) is 2.37. The van der Waals surface area contributed by atoms with Crippen molar-refractivity contribution in [3.63, 3.8) is 0 Å². The molecule has 3 rings (SSSR count). The summed E-state index contributed by atoms with van der Waals surface area (Å²) in [6.07, 6.45) is 0. The standard InChI is InChI=1S/C19H24FN5/c1-14-18(15(2)23(3)22-14)13-25-8-6-24(7-9-25)12-17-5-4-16(11-21)10-19(17)20/h4-5,10H,6-9,12-13H2,1-3H3. The second-order valence-corrected chi connectivity index (χ2v) is 6.74. The van der Waals surface area contributed by atoms with Crippen molar-refractivity contribution >= 4 is 0 Å². The lowest BCUT2D eigenvalue weighted by atomic mass is 10.1. The van der Waals surface area contributed by atoms with Crippen LogP contribution in [0.15, 0.2) is 18.2 Å². The van der Waals surface area contributed by atoms with E-state index in [1.165, 1.54) is 17.3 Å². The second-order valence-electron chi connectivity index (χ2n) is 6.74. The van der Waals surface area contributed by atoms with Gasteiger partial charge in [0.05, 0.1) is 17.3 Å². The summed E-state index contributed by atoms with van der Waals surface area (Å²) in [5.41, 5.74) is 4.66. The Bertz CT molecular complexity index is 797. The molecule has 1 aromatic heterocycles. The highest BCUT2D eigenvalue weighted by Gasteiger charge is 2.20. The van der Waals surface area contributed by atoms with Crippen LogP contribution in [0.1, 0.15) is 28.1 Å². The van der Waals surface area contributed by atoms with Gasteiger partial charge in [0.2, 0.25) is 0 Å². The number of nitrogens with zero attached hydrogens (tertiary/aromatic N) is 5. The molecule has 0 spiro atoms. The predicted molar refractivity (Wildman–Crippen MR) is 94.4 cm³/mol. The number of aryl methyl sites for hydroxylation is 2. The Balaban J connectivity index is 1.56. The number of halogens is 1. The highest BCUT2D eigenvalue weighted by Crippen LogP contribution is 2.18. The minimum atomic E-state index is -0.289. The van der Waals surface area contributed by atoms with Crippen LogP contribution in [0.3, 0.4) is 0 Å². The normalized spacial score (nSPS) is 16.1. The first-order valence-corrected chi connectivity index (χ1v) is 8.60. The zero-order chi connectivity index (χ0) is 18.0. The number of piperazine rings is 1. The third kappa shape index (κ3) is 3.89. The molecular formula is C19H24FN5. The molecule has 0 radical (unpaired) electrons. The smallest absolute Gasteiger partial charge is 0.129 e. The molecule has 2 heterocycles. The van der Waals surface area contributed by atoms with Crippen LogP contribution in [0.4, 0.5) is 4.39 Å². The van der Waals surface area contributed by atoms with Crippen molar-refractivity contribution in [1.82, 2.24) is 19.6 Å². The summed E-state index contributed by atoms with van der Waals surface area (Å²) in [6.45, 7) is 9.44. The van der Waals surface area contributed by atoms with Crippen molar-refractivity contribution < 1.29 is 4.39 Å². The first-order valence-electron chi connectivity index (χ1n) is 8.60. The Morgan fingerprint density at radius 2 is 1.76 bits per heavy atom. The van der Waals surface area contributed by atoms with E-state index in [2.05, 4.69) is 28.7 Å². The number of nitriles is 1. The molecule has 1 saturated heterocycles. The maximum Gasteiger partial charge on any atom is 0.129 e.